The zero-order valence-corrected chi connectivity index (χ0v) is 18.6. The summed E-state index contributed by atoms with van der Waals surface area (Å²) in [5.41, 5.74) is 0. The first-order valence-electron chi connectivity index (χ1n) is 8.10. The van der Waals surface area contributed by atoms with Crippen LogP contribution >= 0.6 is 0 Å². The minimum Gasteiger partial charge on any atom is -0.743 e. The van der Waals surface area contributed by atoms with E-state index in [9.17, 15) is 118 Å². The average Bonchev–Trinajstić information content (AvgIpc) is 2.70. The van der Waals surface area contributed by atoms with Crippen molar-refractivity contribution in [1.29, 1.82) is 0 Å². The second-order valence-electron chi connectivity index (χ2n) is 7.09. The van der Waals surface area contributed by atoms with Crippen LogP contribution < -0.4 is 18.9 Å². The maximum atomic E-state index is 13.5. The van der Waals surface area contributed by atoms with E-state index in [4.69, 9.17) is 0 Å². The van der Waals surface area contributed by atoms with Crippen molar-refractivity contribution in [2.45, 2.75) is 70.9 Å². The monoisotopic (exact) mass is 688 g/mol. The van der Waals surface area contributed by atoms with Gasteiger partial charge in [0.05, 0.1) is 0 Å². The molecule has 0 aromatic carbocycles. The molecule has 0 aliphatic rings. The number of hydrogen-bond acceptors (Lipinski definition) is 3. The van der Waals surface area contributed by atoms with E-state index in [2.05, 4.69) is 0 Å². The van der Waals surface area contributed by atoms with Crippen LogP contribution in [0, 0.1) is 0 Å². The summed E-state index contributed by atoms with van der Waals surface area (Å²) >= 11 is 0. The Hall–Kier alpha value is -1.17. The molecule has 0 radical (unpaired) electrons. The Morgan fingerprint density at radius 3 is 0.805 bits per heavy atom. The number of hydrogen-bond donors (Lipinski definition) is 0. The molecule has 0 bridgehead atoms. The molecule has 0 aromatic heterocycles. The standard InChI is InChI=1S/C12H2F24O3S.Li/c13-1(3(16,17)18)2(14,15)4(19,20)5(21,22)6(23,24)7(25,26)8(27,28)9(29,30)10(31,32)11(33,34)12(35,36)40(37,38)39;/h1H,(H,37,38,39);/q;+1/p-1. The molecule has 1 unspecified atom stereocenters. The van der Waals surface area contributed by atoms with Gasteiger partial charge in [-0.25, -0.2) is 12.8 Å². The fraction of sp³-hybridized carbons (Fsp3) is 1.00. The van der Waals surface area contributed by atoms with Crippen molar-refractivity contribution < 1.29 is 137 Å². The van der Waals surface area contributed by atoms with Crippen molar-refractivity contribution in [2.75, 3.05) is 0 Å². The van der Waals surface area contributed by atoms with Gasteiger partial charge in [0.15, 0.2) is 10.1 Å². The molecule has 0 heterocycles. The van der Waals surface area contributed by atoms with E-state index in [1.807, 2.05) is 0 Å². The Kier molecular flexibility index (Phi) is 10.4. The van der Waals surface area contributed by atoms with Gasteiger partial charge in [0.2, 0.25) is 0 Å². The first-order valence-corrected chi connectivity index (χ1v) is 9.50. The van der Waals surface area contributed by atoms with Gasteiger partial charge >= 0.3 is 83.6 Å². The molecule has 1 atom stereocenters. The molecule has 41 heavy (non-hydrogen) atoms. The van der Waals surface area contributed by atoms with Gasteiger partial charge in [0.25, 0.3) is 6.17 Å². The molecule has 3 nitrogen and oxygen atoms in total. The molecule has 0 aromatic rings. The van der Waals surface area contributed by atoms with Crippen LogP contribution in [0.2, 0.25) is 0 Å². The molecule has 0 spiro atoms. The largest absolute Gasteiger partial charge is 1.00 e. The van der Waals surface area contributed by atoms with Crippen molar-refractivity contribution >= 4 is 10.1 Å². The van der Waals surface area contributed by atoms with Gasteiger partial charge in [-0.1, -0.05) is 0 Å². The van der Waals surface area contributed by atoms with Crippen LogP contribution in [0.15, 0.2) is 0 Å². The molecular formula is C12HF24LiO3S. The van der Waals surface area contributed by atoms with Crippen molar-refractivity contribution in [3.63, 3.8) is 0 Å². The molecule has 0 saturated carbocycles. The third kappa shape index (κ3) is 5.18. The summed E-state index contributed by atoms with van der Waals surface area (Å²) in [5, 5.41) is -8.28. The van der Waals surface area contributed by atoms with E-state index >= 15 is 0 Å². The van der Waals surface area contributed by atoms with Crippen molar-refractivity contribution in [2.24, 2.45) is 0 Å². The van der Waals surface area contributed by atoms with Crippen LogP contribution in [0.1, 0.15) is 0 Å². The zero-order valence-electron chi connectivity index (χ0n) is 17.8. The van der Waals surface area contributed by atoms with Crippen molar-refractivity contribution in [3.8, 4) is 0 Å². The minimum atomic E-state index is -9.64. The molecule has 29 heteroatoms. The second kappa shape index (κ2) is 10.2. The van der Waals surface area contributed by atoms with Crippen LogP contribution in [-0.2, 0) is 10.1 Å². The van der Waals surface area contributed by atoms with Gasteiger partial charge in [0.1, 0.15) is 0 Å². The molecule has 0 aliphatic carbocycles. The Morgan fingerprint density at radius 1 is 0.415 bits per heavy atom. The van der Waals surface area contributed by atoms with Gasteiger partial charge in [-0.15, -0.1) is 0 Å². The van der Waals surface area contributed by atoms with Gasteiger partial charge < -0.3 is 4.55 Å². The summed E-state index contributed by atoms with van der Waals surface area (Å²) in [5.74, 6) is -83.4. The molecule has 0 saturated heterocycles. The maximum Gasteiger partial charge on any atom is 1.00 e. The van der Waals surface area contributed by atoms with E-state index in [1.54, 1.807) is 0 Å². The molecule has 0 fully saturated rings. The number of rotatable bonds is 11. The summed E-state index contributed by atoms with van der Waals surface area (Å²) in [6, 6.07) is 0. The Labute approximate surface area is 219 Å². The summed E-state index contributed by atoms with van der Waals surface area (Å²) < 4.78 is 343. The van der Waals surface area contributed by atoms with Crippen molar-refractivity contribution in [3.05, 3.63) is 0 Å². The summed E-state index contributed by atoms with van der Waals surface area (Å²) in [6.45, 7) is 0. The molecule has 0 rings (SSSR count). The van der Waals surface area contributed by atoms with Crippen LogP contribution in [0.4, 0.5) is 105 Å². The molecular weight excluding hydrogens is 687 g/mol. The van der Waals surface area contributed by atoms with E-state index in [-0.39, 0.29) is 18.9 Å². The van der Waals surface area contributed by atoms with Gasteiger partial charge in [0, 0.05) is 0 Å². The summed E-state index contributed by atoms with van der Waals surface area (Å²) in [6.07, 6.45) is -14.3. The van der Waals surface area contributed by atoms with Crippen LogP contribution in [0.5, 0.6) is 0 Å². The van der Waals surface area contributed by atoms with Gasteiger partial charge in [-0.3, -0.25) is 0 Å². The van der Waals surface area contributed by atoms with Gasteiger partial charge in [-0.05, 0) is 0 Å². The normalized spacial score (nSPS) is 17.3. The minimum absolute atomic E-state index is 0. The van der Waals surface area contributed by atoms with Crippen LogP contribution in [-0.4, -0.2) is 83.9 Å². The average molecular weight is 688 g/mol. The van der Waals surface area contributed by atoms with E-state index < -0.39 is 81.0 Å². The van der Waals surface area contributed by atoms with Gasteiger partial charge in [-0.2, -0.15) is 101 Å². The first-order chi connectivity index (χ1) is 16.7. The molecule has 0 N–H and O–H groups in total. The van der Waals surface area contributed by atoms with E-state index in [0.29, 0.717) is 0 Å². The molecule has 0 aliphatic heterocycles. The Bertz CT molecular complexity index is 1060. The van der Waals surface area contributed by atoms with Crippen molar-refractivity contribution in [1.82, 2.24) is 0 Å². The SMILES string of the molecule is O=S(=O)([O-])C(F)(F)C(F)(F)C(F)(F)C(F)(F)C(F)(F)C(F)(F)C(F)(F)C(F)(F)C(F)(F)C(F)(F)C(F)C(F)(F)F.[Li+]. The summed E-state index contributed by atoms with van der Waals surface area (Å²) in [4.78, 5) is 0. The maximum absolute atomic E-state index is 13.5. The molecule has 242 valence electrons. The predicted molar refractivity (Wildman–Crippen MR) is 70.1 cm³/mol. The fourth-order valence-electron chi connectivity index (χ4n) is 2.10. The zero-order chi connectivity index (χ0) is 33.6. The van der Waals surface area contributed by atoms with Crippen LogP contribution in [0.3, 0.4) is 0 Å². The smallest absolute Gasteiger partial charge is 0.743 e. The first kappa shape index (κ1) is 42.0. The Morgan fingerprint density at radius 2 is 0.610 bits per heavy atom. The quantitative estimate of drug-likeness (QED) is 0.189. The third-order valence-electron chi connectivity index (χ3n) is 4.46. The second-order valence-corrected chi connectivity index (χ2v) is 8.51. The third-order valence-corrected chi connectivity index (χ3v) is 5.35. The van der Waals surface area contributed by atoms with Crippen LogP contribution in [0.25, 0.3) is 0 Å². The number of halogens is 24. The molecule has 0 amide bonds. The fourth-order valence-corrected chi connectivity index (χ4v) is 2.54. The predicted octanol–water partition coefficient (Wildman–Crippen LogP) is 3.75. The Balaban J connectivity index is 0. The van der Waals surface area contributed by atoms with E-state index in [0.717, 1.165) is 0 Å². The number of alkyl halides is 24. The topological polar surface area (TPSA) is 57.2 Å². The summed E-state index contributed by atoms with van der Waals surface area (Å²) in [7, 11) is -8.45. The van der Waals surface area contributed by atoms with E-state index in [1.165, 1.54) is 0 Å².